The molecule has 0 radical (unpaired) electrons. The van der Waals surface area contributed by atoms with Crippen molar-refractivity contribution in [3.05, 3.63) is 170 Å². The number of pyridine rings is 4. The highest BCUT2D eigenvalue weighted by molar-refractivity contribution is 6.09. The number of fused-ring (bicyclic) bond motifs is 6. The van der Waals surface area contributed by atoms with E-state index in [9.17, 15) is 0 Å². The lowest BCUT2D eigenvalue weighted by Crippen LogP contribution is -1.95. The van der Waals surface area contributed by atoms with E-state index in [0.717, 1.165) is 67.3 Å². The predicted molar refractivity (Wildman–Crippen MR) is 203 cm³/mol. The number of aromatic nitrogens is 6. The summed E-state index contributed by atoms with van der Waals surface area (Å²) in [6, 6.07) is 50.6. The normalized spacial score (nSPS) is 11.6. The van der Waals surface area contributed by atoms with Gasteiger partial charge in [0.25, 0.3) is 0 Å². The molecule has 0 aliphatic rings. The molecule has 6 aromatic heterocycles. The molecule has 234 valence electrons. The maximum Gasteiger partial charge on any atom is 0.0893 e. The molecule has 0 saturated heterocycles. The molecule has 0 atom stereocenters. The monoisotopic (exact) mass is 640 g/mol. The minimum absolute atomic E-state index is 0.830. The van der Waals surface area contributed by atoms with Crippen LogP contribution in [-0.4, -0.2) is 29.1 Å². The lowest BCUT2D eigenvalue weighted by atomic mass is 10.1. The van der Waals surface area contributed by atoms with E-state index in [1.165, 1.54) is 21.5 Å². The molecule has 0 amide bonds. The first-order valence-electron chi connectivity index (χ1n) is 16.6. The van der Waals surface area contributed by atoms with Crippen LogP contribution in [0.5, 0.6) is 0 Å². The summed E-state index contributed by atoms with van der Waals surface area (Å²) in [5.41, 5.74) is 12.2. The smallest absolute Gasteiger partial charge is 0.0893 e. The first-order chi connectivity index (χ1) is 24.8. The number of rotatable bonds is 5. The van der Waals surface area contributed by atoms with E-state index < -0.39 is 0 Å². The minimum Gasteiger partial charge on any atom is -0.308 e. The third kappa shape index (κ3) is 4.50. The Hall–Kier alpha value is -6.92. The number of hydrogen-bond acceptors (Lipinski definition) is 4. The largest absolute Gasteiger partial charge is 0.308 e. The van der Waals surface area contributed by atoms with Crippen molar-refractivity contribution in [3.63, 3.8) is 0 Å². The van der Waals surface area contributed by atoms with E-state index in [1.54, 1.807) is 0 Å². The zero-order chi connectivity index (χ0) is 33.0. The number of nitrogens with zero attached hydrogens (tertiary/aromatic N) is 6. The van der Waals surface area contributed by atoms with Gasteiger partial charge in [-0.15, -0.1) is 0 Å². The van der Waals surface area contributed by atoms with Crippen LogP contribution < -0.4 is 0 Å². The number of hydrogen-bond donors (Lipinski definition) is 0. The molecular weight excluding hydrogens is 613 g/mol. The molecule has 0 spiro atoms. The van der Waals surface area contributed by atoms with Gasteiger partial charge in [-0.2, -0.15) is 0 Å². The predicted octanol–water partition coefficient (Wildman–Crippen LogP) is 10.5. The van der Waals surface area contributed by atoms with Gasteiger partial charge >= 0.3 is 0 Å². The van der Waals surface area contributed by atoms with Gasteiger partial charge in [0.2, 0.25) is 0 Å². The van der Waals surface area contributed by atoms with Crippen LogP contribution in [0.1, 0.15) is 0 Å². The Kier molecular flexibility index (Phi) is 6.39. The molecule has 10 aromatic rings. The molecule has 6 nitrogen and oxygen atoms in total. The molecule has 6 heteroatoms. The third-order valence-electron chi connectivity index (χ3n) is 9.56. The van der Waals surface area contributed by atoms with Crippen LogP contribution in [0, 0.1) is 0 Å². The molecule has 0 aliphatic carbocycles. The lowest BCUT2D eigenvalue weighted by Gasteiger charge is -2.10. The van der Waals surface area contributed by atoms with Crippen LogP contribution in [-0.2, 0) is 0 Å². The first-order valence-corrected chi connectivity index (χ1v) is 16.6. The third-order valence-corrected chi connectivity index (χ3v) is 9.56. The van der Waals surface area contributed by atoms with Gasteiger partial charge in [-0.3, -0.25) is 9.97 Å². The van der Waals surface area contributed by atoms with E-state index in [4.69, 9.17) is 9.97 Å². The fourth-order valence-corrected chi connectivity index (χ4v) is 7.23. The summed E-state index contributed by atoms with van der Waals surface area (Å²) in [7, 11) is 0. The van der Waals surface area contributed by atoms with Crippen LogP contribution in [0.25, 0.3) is 88.9 Å². The average molecular weight is 641 g/mol. The Bertz CT molecular complexity index is 2560. The maximum absolute atomic E-state index is 5.06. The van der Waals surface area contributed by atoms with E-state index in [-0.39, 0.29) is 0 Å². The zero-order valence-electron chi connectivity index (χ0n) is 26.8. The zero-order valence-corrected chi connectivity index (χ0v) is 26.8. The van der Waals surface area contributed by atoms with Gasteiger partial charge < -0.3 is 9.13 Å². The van der Waals surface area contributed by atoms with Crippen LogP contribution in [0.15, 0.2) is 170 Å². The molecule has 0 N–H and O–H groups in total. The summed E-state index contributed by atoms with van der Waals surface area (Å²) in [4.78, 5) is 19.0. The Labute approximate surface area is 287 Å². The van der Waals surface area contributed by atoms with E-state index in [0.29, 0.717) is 0 Å². The second-order valence-corrected chi connectivity index (χ2v) is 12.4. The van der Waals surface area contributed by atoms with E-state index in [2.05, 4.69) is 140 Å². The van der Waals surface area contributed by atoms with Crippen molar-refractivity contribution in [2.75, 3.05) is 0 Å². The van der Waals surface area contributed by atoms with Crippen molar-refractivity contribution < 1.29 is 0 Å². The highest BCUT2D eigenvalue weighted by Crippen LogP contribution is 2.34. The standard InChI is InChI=1S/C44H28N6/c1-3-13-41-33(7-1)35-23-25-45-27-43(35)49(41)31-19-15-29(16-20-31)37-9-5-11-39(47-37)40-12-6-10-38(48-40)30-17-21-32(22-18-30)50-42-14-4-2-8-34(42)36-24-26-46-28-44(36)50/h1-28H. The summed E-state index contributed by atoms with van der Waals surface area (Å²) in [6.45, 7) is 0. The average Bonchev–Trinajstić information content (AvgIpc) is 3.71. The molecule has 6 heterocycles. The van der Waals surface area contributed by atoms with Gasteiger partial charge in [-0.25, -0.2) is 9.97 Å². The van der Waals surface area contributed by atoms with Gasteiger partial charge in [0, 0.05) is 56.4 Å². The topological polar surface area (TPSA) is 61.4 Å². The number of benzene rings is 4. The maximum atomic E-state index is 5.06. The molecule has 10 rings (SSSR count). The van der Waals surface area contributed by atoms with Gasteiger partial charge in [-0.05, 0) is 72.8 Å². The van der Waals surface area contributed by atoms with Gasteiger partial charge in [0.1, 0.15) is 0 Å². The van der Waals surface area contributed by atoms with Gasteiger partial charge in [0.05, 0.1) is 57.2 Å². The quantitative estimate of drug-likeness (QED) is 0.188. The molecule has 0 bridgehead atoms. The molecule has 50 heavy (non-hydrogen) atoms. The summed E-state index contributed by atoms with van der Waals surface area (Å²) in [5, 5.41) is 4.82. The van der Waals surface area contributed by atoms with Crippen molar-refractivity contribution in [1.82, 2.24) is 29.1 Å². The van der Waals surface area contributed by atoms with Crippen LogP contribution >= 0.6 is 0 Å². The Morgan fingerprint density at radius 2 is 0.720 bits per heavy atom. The van der Waals surface area contributed by atoms with Crippen LogP contribution in [0.3, 0.4) is 0 Å². The highest BCUT2D eigenvalue weighted by Gasteiger charge is 2.14. The summed E-state index contributed by atoms with van der Waals surface area (Å²) in [6.07, 6.45) is 7.58. The minimum atomic E-state index is 0.830. The molecule has 4 aromatic carbocycles. The fraction of sp³-hybridized carbons (Fsp3) is 0. The SMILES string of the molecule is c1cc(-c2ccc(-n3c4ccccc4c4ccncc43)cc2)nc(-c2cccc(-c3ccc(-n4c5ccccc5c5ccncc54)cc3)n2)c1. The summed E-state index contributed by atoms with van der Waals surface area (Å²) >= 11 is 0. The first kappa shape index (κ1) is 28.1. The second-order valence-electron chi connectivity index (χ2n) is 12.4. The Morgan fingerprint density at radius 3 is 1.18 bits per heavy atom. The van der Waals surface area contributed by atoms with Crippen molar-refractivity contribution >= 4 is 43.6 Å². The molecule has 0 aliphatic heterocycles. The van der Waals surface area contributed by atoms with Gasteiger partial charge in [0.15, 0.2) is 0 Å². The van der Waals surface area contributed by atoms with Crippen molar-refractivity contribution in [1.29, 1.82) is 0 Å². The van der Waals surface area contributed by atoms with Crippen LogP contribution in [0.4, 0.5) is 0 Å². The van der Waals surface area contributed by atoms with Crippen molar-refractivity contribution in [2.24, 2.45) is 0 Å². The van der Waals surface area contributed by atoms with Crippen LogP contribution in [0.2, 0.25) is 0 Å². The molecule has 0 saturated carbocycles. The van der Waals surface area contributed by atoms with Crippen molar-refractivity contribution in [2.45, 2.75) is 0 Å². The van der Waals surface area contributed by atoms with Crippen molar-refractivity contribution in [3.8, 4) is 45.3 Å². The number of para-hydroxylation sites is 2. The lowest BCUT2D eigenvalue weighted by molar-refractivity contribution is 1.16. The second kappa shape index (κ2) is 11.4. The summed E-state index contributed by atoms with van der Waals surface area (Å²) < 4.78 is 4.54. The Morgan fingerprint density at radius 1 is 0.320 bits per heavy atom. The molecule has 0 unspecified atom stereocenters. The van der Waals surface area contributed by atoms with E-state index in [1.807, 2.05) is 49.1 Å². The highest BCUT2D eigenvalue weighted by atomic mass is 15.0. The molecular formula is C44H28N6. The Balaban J connectivity index is 0.962. The van der Waals surface area contributed by atoms with Gasteiger partial charge in [-0.1, -0.05) is 72.8 Å². The fourth-order valence-electron chi connectivity index (χ4n) is 7.23. The molecule has 0 fully saturated rings. The summed E-state index contributed by atoms with van der Waals surface area (Å²) in [5.74, 6) is 0. The van der Waals surface area contributed by atoms with E-state index >= 15 is 0 Å².